The van der Waals surface area contributed by atoms with Crippen LogP contribution in [-0.4, -0.2) is 15.9 Å². The lowest BCUT2D eigenvalue weighted by molar-refractivity contribution is -0.113. The lowest BCUT2D eigenvalue weighted by atomic mass is 10.2. The van der Waals surface area contributed by atoms with Crippen molar-refractivity contribution in [2.75, 3.05) is 11.1 Å². The Balaban J connectivity index is 1.85. The lowest BCUT2D eigenvalue weighted by Crippen LogP contribution is -2.20. The molecule has 104 valence electrons. The number of nitrogens with one attached hydrogen (secondary N) is 1. The average Bonchev–Trinajstić information content (AvgIpc) is 2.42. The van der Waals surface area contributed by atoms with Crippen molar-refractivity contribution in [3.05, 3.63) is 66.0 Å². The smallest absolute Gasteiger partial charge is 0.237 e. The van der Waals surface area contributed by atoms with E-state index in [1.54, 1.807) is 24.3 Å². The van der Waals surface area contributed by atoms with Crippen LogP contribution in [-0.2, 0) is 21.3 Å². The van der Waals surface area contributed by atoms with Gasteiger partial charge in [-0.25, -0.2) is 4.39 Å². The zero-order valence-electron chi connectivity index (χ0n) is 10.7. The van der Waals surface area contributed by atoms with Crippen LogP contribution in [0.2, 0.25) is 0 Å². The Morgan fingerprint density at radius 3 is 2.35 bits per heavy atom. The van der Waals surface area contributed by atoms with Gasteiger partial charge in [-0.1, -0.05) is 30.3 Å². The quantitative estimate of drug-likeness (QED) is 0.920. The molecule has 0 aliphatic carbocycles. The van der Waals surface area contributed by atoms with E-state index in [1.807, 2.05) is 18.2 Å². The summed E-state index contributed by atoms with van der Waals surface area (Å²) < 4.78 is 24.6. The highest BCUT2D eigenvalue weighted by Crippen LogP contribution is 2.08. The molecule has 2 aromatic carbocycles. The van der Waals surface area contributed by atoms with E-state index in [0.717, 1.165) is 5.56 Å². The number of amides is 1. The molecule has 0 aliphatic rings. The zero-order valence-corrected chi connectivity index (χ0v) is 11.5. The van der Waals surface area contributed by atoms with E-state index in [2.05, 4.69) is 5.32 Å². The molecule has 0 bridgehead atoms. The van der Waals surface area contributed by atoms with Gasteiger partial charge >= 0.3 is 0 Å². The Morgan fingerprint density at radius 2 is 1.70 bits per heavy atom. The Bertz CT molecular complexity index is 599. The van der Waals surface area contributed by atoms with E-state index in [9.17, 15) is 13.4 Å². The van der Waals surface area contributed by atoms with Gasteiger partial charge in [0, 0.05) is 22.2 Å². The Kier molecular flexibility index (Phi) is 5.01. The standard InChI is InChI=1S/C15H14FNO2S/c16-13-8-6-12(7-9-13)10-20(19)11-15(18)17-14-4-2-1-3-5-14/h1-9H,10-11H2,(H,17,18). The summed E-state index contributed by atoms with van der Waals surface area (Å²) in [5.41, 5.74) is 1.42. The number of para-hydroxylation sites is 1. The maximum atomic E-state index is 12.7. The first kappa shape index (κ1) is 14.4. The first-order valence-electron chi connectivity index (χ1n) is 6.08. The Labute approximate surface area is 119 Å². The molecule has 0 saturated carbocycles. The van der Waals surface area contributed by atoms with Gasteiger partial charge in [0.05, 0.1) is 0 Å². The molecule has 0 radical (unpaired) electrons. The van der Waals surface area contributed by atoms with E-state index >= 15 is 0 Å². The molecule has 5 heteroatoms. The van der Waals surface area contributed by atoms with Crippen molar-refractivity contribution in [3.8, 4) is 0 Å². The predicted molar refractivity (Wildman–Crippen MR) is 78.2 cm³/mol. The first-order chi connectivity index (χ1) is 9.63. The van der Waals surface area contributed by atoms with Crippen molar-refractivity contribution >= 4 is 22.4 Å². The number of anilines is 1. The van der Waals surface area contributed by atoms with Gasteiger partial charge in [0.25, 0.3) is 0 Å². The fourth-order valence-corrected chi connectivity index (χ4v) is 2.71. The minimum Gasteiger partial charge on any atom is -0.325 e. The molecule has 1 unspecified atom stereocenters. The number of benzene rings is 2. The van der Waals surface area contributed by atoms with Crippen LogP contribution >= 0.6 is 0 Å². The van der Waals surface area contributed by atoms with Gasteiger partial charge in [0.2, 0.25) is 5.91 Å². The lowest BCUT2D eigenvalue weighted by Gasteiger charge is -2.05. The third kappa shape index (κ3) is 4.59. The first-order valence-corrected chi connectivity index (χ1v) is 7.56. The number of rotatable bonds is 5. The normalized spacial score (nSPS) is 11.8. The van der Waals surface area contributed by atoms with Crippen LogP contribution in [0.15, 0.2) is 54.6 Å². The van der Waals surface area contributed by atoms with Crippen LogP contribution in [0.1, 0.15) is 5.56 Å². The Morgan fingerprint density at radius 1 is 1.05 bits per heavy atom. The fourth-order valence-electron chi connectivity index (χ4n) is 1.68. The number of carbonyl (C=O) groups excluding carboxylic acids is 1. The van der Waals surface area contributed by atoms with Crippen molar-refractivity contribution in [3.63, 3.8) is 0 Å². The third-order valence-electron chi connectivity index (χ3n) is 2.59. The second-order valence-corrected chi connectivity index (χ2v) is 5.73. The predicted octanol–water partition coefficient (Wildman–Crippen LogP) is 2.71. The highest BCUT2D eigenvalue weighted by atomic mass is 32.2. The fraction of sp³-hybridized carbons (Fsp3) is 0.133. The molecule has 2 rings (SSSR count). The summed E-state index contributed by atoms with van der Waals surface area (Å²) in [6.45, 7) is 0. The summed E-state index contributed by atoms with van der Waals surface area (Å²) in [6, 6.07) is 14.8. The molecular formula is C15H14FNO2S. The van der Waals surface area contributed by atoms with Gasteiger partial charge in [0.1, 0.15) is 11.6 Å². The summed E-state index contributed by atoms with van der Waals surface area (Å²) in [5.74, 6) is -0.465. The van der Waals surface area contributed by atoms with Crippen molar-refractivity contribution < 1.29 is 13.4 Å². The van der Waals surface area contributed by atoms with Gasteiger partial charge < -0.3 is 5.32 Å². The van der Waals surface area contributed by atoms with Gasteiger partial charge in [-0.2, -0.15) is 0 Å². The molecule has 0 saturated heterocycles. The third-order valence-corrected chi connectivity index (χ3v) is 3.83. The van der Waals surface area contributed by atoms with Crippen LogP contribution in [0.4, 0.5) is 10.1 Å². The summed E-state index contributed by atoms with van der Waals surface area (Å²) in [5, 5.41) is 2.68. The van der Waals surface area contributed by atoms with Crippen molar-refractivity contribution in [1.82, 2.24) is 0 Å². The van der Waals surface area contributed by atoms with Crippen LogP contribution in [0.25, 0.3) is 0 Å². The minimum atomic E-state index is -1.32. The molecular weight excluding hydrogens is 277 g/mol. The van der Waals surface area contributed by atoms with Gasteiger partial charge in [0.15, 0.2) is 0 Å². The van der Waals surface area contributed by atoms with Crippen molar-refractivity contribution in [1.29, 1.82) is 0 Å². The monoisotopic (exact) mass is 291 g/mol. The summed E-state index contributed by atoms with van der Waals surface area (Å²) in [7, 11) is -1.32. The highest BCUT2D eigenvalue weighted by Gasteiger charge is 2.09. The molecule has 3 nitrogen and oxygen atoms in total. The van der Waals surface area contributed by atoms with E-state index in [-0.39, 0.29) is 23.2 Å². The molecule has 1 amide bonds. The van der Waals surface area contributed by atoms with Gasteiger partial charge in [-0.15, -0.1) is 0 Å². The number of halogens is 1. The molecule has 1 N–H and O–H groups in total. The van der Waals surface area contributed by atoms with E-state index < -0.39 is 10.8 Å². The summed E-state index contributed by atoms with van der Waals surface area (Å²) >= 11 is 0. The molecule has 0 aliphatic heterocycles. The molecule has 0 aromatic heterocycles. The maximum Gasteiger partial charge on any atom is 0.237 e. The van der Waals surface area contributed by atoms with Crippen molar-refractivity contribution in [2.45, 2.75) is 5.75 Å². The summed E-state index contributed by atoms with van der Waals surface area (Å²) in [4.78, 5) is 11.7. The van der Waals surface area contributed by atoms with Crippen LogP contribution in [0, 0.1) is 5.82 Å². The van der Waals surface area contributed by atoms with Crippen LogP contribution in [0.5, 0.6) is 0 Å². The van der Waals surface area contributed by atoms with Gasteiger partial charge in [-0.3, -0.25) is 9.00 Å². The topological polar surface area (TPSA) is 46.2 Å². The van der Waals surface area contributed by atoms with Crippen molar-refractivity contribution in [2.24, 2.45) is 0 Å². The second-order valence-electron chi connectivity index (χ2n) is 4.27. The van der Waals surface area contributed by atoms with Crippen LogP contribution in [0.3, 0.4) is 0 Å². The Hall–Kier alpha value is -2.01. The number of carbonyl (C=O) groups is 1. The second kappa shape index (κ2) is 6.96. The molecule has 20 heavy (non-hydrogen) atoms. The minimum absolute atomic E-state index is 0.0771. The average molecular weight is 291 g/mol. The van der Waals surface area contributed by atoms with E-state index in [1.165, 1.54) is 12.1 Å². The highest BCUT2D eigenvalue weighted by molar-refractivity contribution is 7.84. The molecule has 1 atom stereocenters. The molecule has 0 spiro atoms. The maximum absolute atomic E-state index is 12.7. The molecule has 0 fully saturated rings. The largest absolute Gasteiger partial charge is 0.325 e. The molecule has 0 heterocycles. The SMILES string of the molecule is O=C(CS(=O)Cc1ccc(F)cc1)Nc1ccccc1. The molecule has 2 aromatic rings. The zero-order chi connectivity index (χ0) is 14.4. The number of hydrogen-bond donors (Lipinski definition) is 1. The number of hydrogen-bond acceptors (Lipinski definition) is 2. The van der Waals surface area contributed by atoms with E-state index in [0.29, 0.717) is 5.69 Å². The van der Waals surface area contributed by atoms with Crippen LogP contribution < -0.4 is 5.32 Å². The summed E-state index contributed by atoms with van der Waals surface area (Å²) in [6.07, 6.45) is 0. The van der Waals surface area contributed by atoms with E-state index in [4.69, 9.17) is 0 Å². The van der Waals surface area contributed by atoms with Gasteiger partial charge in [-0.05, 0) is 29.8 Å².